The lowest BCUT2D eigenvalue weighted by Crippen LogP contribution is -2.28. The molecule has 1 saturated heterocycles. The van der Waals surface area contributed by atoms with E-state index in [0.717, 1.165) is 36.2 Å². The highest BCUT2D eigenvalue weighted by Crippen LogP contribution is 2.28. The fraction of sp³-hybridized carbons (Fsp3) is 0.280. The van der Waals surface area contributed by atoms with Crippen molar-refractivity contribution < 1.29 is 14.0 Å². The van der Waals surface area contributed by atoms with Crippen LogP contribution in [-0.4, -0.2) is 33.0 Å². The number of thiazole rings is 1. The zero-order valence-corrected chi connectivity index (χ0v) is 19.5. The van der Waals surface area contributed by atoms with Gasteiger partial charge in [0.25, 0.3) is 0 Å². The Kier molecular flexibility index (Phi) is 6.10. The van der Waals surface area contributed by atoms with Gasteiger partial charge in [-0.05, 0) is 54.8 Å². The monoisotopic (exact) mass is 477 g/mol. The van der Waals surface area contributed by atoms with Gasteiger partial charge < -0.3 is 4.90 Å². The lowest BCUT2D eigenvalue weighted by molar-refractivity contribution is -0.122. The van der Waals surface area contributed by atoms with Crippen LogP contribution in [0, 0.1) is 11.7 Å². The number of amides is 2. The summed E-state index contributed by atoms with van der Waals surface area (Å²) in [5, 5.41) is 9.05. The number of benzene rings is 2. The van der Waals surface area contributed by atoms with Gasteiger partial charge >= 0.3 is 0 Å². The Balaban J connectivity index is 1.26. The van der Waals surface area contributed by atoms with Crippen LogP contribution in [0.25, 0.3) is 16.2 Å². The molecule has 9 heteroatoms. The predicted molar refractivity (Wildman–Crippen MR) is 130 cm³/mol. The van der Waals surface area contributed by atoms with Crippen molar-refractivity contribution in [3.63, 3.8) is 0 Å². The molecule has 0 bridgehead atoms. The summed E-state index contributed by atoms with van der Waals surface area (Å²) in [6.45, 7) is 2.48. The van der Waals surface area contributed by atoms with E-state index in [-0.39, 0.29) is 30.0 Å². The number of rotatable bonds is 7. The summed E-state index contributed by atoms with van der Waals surface area (Å²) in [5.74, 6) is -0.957. The number of hydrogen-bond donors (Lipinski definition) is 1. The third-order valence-electron chi connectivity index (χ3n) is 6.02. The molecule has 0 radical (unpaired) electrons. The van der Waals surface area contributed by atoms with E-state index in [0.29, 0.717) is 11.5 Å². The van der Waals surface area contributed by atoms with Gasteiger partial charge in [-0.3, -0.25) is 14.9 Å². The van der Waals surface area contributed by atoms with Crippen molar-refractivity contribution in [3.05, 3.63) is 65.3 Å². The van der Waals surface area contributed by atoms with Gasteiger partial charge in [-0.2, -0.15) is 4.98 Å². The molecule has 1 N–H and O–H groups in total. The van der Waals surface area contributed by atoms with Crippen LogP contribution < -0.4 is 10.2 Å². The van der Waals surface area contributed by atoms with Gasteiger partial charge in [0.15, 0.2) is 0 Å². The molecule has 1 unspecified atom stereocenters. The number of hydrogen-bond acceptors (Lipinski definition) is 5. The number of anilines is 2. The van der Waals surface area contributed by atoms with E-state index >= 15 is 0 Å². The van der Waals surface area contributed by atoms with E-state index in [1.165, 1.54) is 29.0 Å². The normalized spacial score (nSPS) is 15.9. The second kappa shape index (κ2) is 9.34. The number of halogens is 1. The summed E-state index contributed by atoms with van der Waals surface area (Å²) in [7, 11) is 0. The fourth-order valence-electron chi connectivity index (χ4n) is 4.12. The van der Waals surface area contributed by atoms with Crippen molar-refractivity contribution in [2.45, 2.75) is 32.6 Å². The predicted octanol–water partition coefficient (Wildman–Crippen LogP) is 4.93. The average Bonchev–Trinajstić information content (AvgIpc) is 3.53. The Morgan fingerprint density at radius 2 is 1.94 bits per heavy atom. The molecule has 7 nitrogen and oxygen atoms in total. The molecule has 4 aromatic rings. The maximum atomic E-state index is 13.3. The maximum Gasteiger partial charge on any atom is 0.250 e. The van der Waals surface area contributed by atoms with Crippen LogP contribution in [-0.2, 0) is 16.0 Å². The zero-order chi connectivity index (χ0) is 23.7. The molecule has 2 aromatic heterocycles. The summed E-state index contributed by atoms with van der Waals surface area (Å²) in [5.41, 5.74) is 3.62. The second-order valence-corrected chi connectivity index (χ2v) is 9.26. The molecule has 2 amide bonds. The van der Waals surface area contributed by atoms with Crippen molar-refractivity contribution >= 4 is 39.7 Å². The Morgan fingerprint density at radius 3 is 2.68 bits per heavy atom. The lowest BCUT2D eigenvalue weighted by Gasteiger charge is -2.17. The topological polar surface area (TPSA) is 79.6 Å². The lowest BCUT2D eigenvalue weighted by atomic mass is 10.1. The summed E-state index contributed by atoms with van der Waals surface area (Å²) < 4.78 is 14.9. The van der Waals surface area contributed by atoms with Gasteiger partial charge in [0.2, 0.25) is 22.7 Å². The summed E-state index contributed by atoms with van der Waals surface area (Å²) >= 11 is 1.38. The van der Waals surface area contributed by atoms with Crippen molar-refractivity contribution in [2.75, 3.05) is 16.8 Å². The van der Waals surface area contributed by atoms with E-state index in [1.807, 2.05) is 29.6 Å². The van der Waals surface area contributed by atoms with Gasteiger partial charge in [-0.25, -0.2) is 8.91 Å². The quantitative estimate of drug-likeness (QED) is 0.409. The minimum atomic E-state index is -0.481. The average molecular weight is 478 g/mol. The highest BCUT2D eigenvalue weighted by Gasteiger charge is 2.35. The van der Waals surface area contributed by atoms with Crippen LogP contribution in [0.2, 0.25) is 0 Å². The Bertz CT molecular complexity index is 1330. The van der Waals surface area contributed by atoms with Crippen molar-refractivity contribution in [2.24, 2.45) is 5.92 Å². The Labute approximate surface area is 200 Å². The van der Waals surface area contributed by atoms with Crippen LogP contribution in [0.15, 0.2) is 53.9 Å². The van der Waals surface area contributed by atoms with Crippen LogP contribution in [0.3, 0.4) is 0 Å². The molecule has 2 aromatic carbocycles. The van der Waals surface area contributed by atoms with Gasteiger partial charge in [0, 0.05) is 29.6 Å². The van der Waals surface area contributed by atoms with Gasteiger partial charge in [0.05, 0.1) is 11.6 Å². The van der Waals surface area contributed by atoms with E-state index in [9.17, 15) is 14.0 Å². The molecule has 34 heavy (non-hydrogen) atoms. The molecule has 0 saturated carbocycles. The molecule has 174 valence electrons. The second-order valence-electron chi connectivity index (χ2n) is 8.42. The van der Waals surface area contributed by atoms with Crippen LogP contribution in [0.1, 0.15) is 31.7 Å². The van der Waals surface area contributed by atoms with E-state index in [1.54, 1.807) is 21.5 Å². The number of nitrogens with zero attached hydrogens (tertiary/aromatic N) is 4. The Morgan fingerprint density at radius 1 is 1.18 bits per heavy atom. The summed E-state index contributed by atoms with van der Waals surface area (Å²) in [6, 6.07) is 14.1. The number of aromatic nitrogens is 3. The van der Waals surface area contributed by atoms with Gasteiger partial charge in [0.1, 0.15) is 5.82 Å². The van der Waals surface area contributed by atoms with Crippen molar-refractivity contribution in [1.29, 1.82) is 0 Å². The molecule has 0 spiro atoms. The molecule has 1 atom stereocenters. The standard InChI is InChI=1S/C25H24FN5O2S/c1-2-3-4-16-5-11-20(12-6-16)30-14-18(13-22(30)32)23(33)27-24-28-25-31(29-24)21(15-34-25)17-7-9-19(26)10-8-17/h5-12,15,18H,2-4,13-14H2,1H3,(H,27,29,33). The number of aryl methyl sites for hydroxylation is 1. The molecule has 1 aliphatic rings. The van der Waals surface area contributed by atoms with Gasteiger partial charge in [-0.15, -0.1) is 16.4 Å². The Hall–Kier alpha value is -3.59. The number of fused-ring (bicyclic) bond motifs is 1. The van der Waals surface area contributed by atoms with Crippen LogP contribution in [0.4, 0.5) is 16.0 Å². The SMILES string of the molecule is CCCCc1ccc(N2CC(C(=O)Nc3nc4scc(-c5ccc(F)cc5)n4n3)CC2=O)cc1. The van der Waals surface area contributed by atoms with Crippen LogP contribution in [0.5, 0.6) is 0 Å². The maximum absolute atomic E-state index is 13.3. The first kappa shape index (κ1) is 22.2. The molecule has 0 aliphatic carbocycles. The molecule has 3 heterocycles. The third-order valence-corrected chi connectivity index (χ3v) is 6.84. The first-order chi connectivity index (χ1) is 16.5. The number of carbonyl (C=O) groups is 2. The number of unbranched alkanes of at least 4 members (excludes halogenated alkanes) is 1. The third kappa shape index (κ3) is 4.43. The first-order valence-corrected chi connectivity index (χ1v) is 12.2. The fourth-order valence-corrected chi connectivity index (χ4v) is 4.95. The highest BCUT2D eigenvalue weighted by molar-refractivity contribution is 7.15. The first-order valence-electron chi connectivity index (χ1n) is 11.3. The zero-order valence-electron chi connectivity index (χ0n) is 18.7. The van der Waals surface area contributed by atoms with Gasteiger partial charge in [-0.1, -0.05) is 25.5 Å². The highest BCUT2D eigenvalue weighted by atomic mass is 32.1. The number of carbonyl (C=O) groups excluding carboxylic acids is 2. The molecule has 1 aliphatic heterocycles. The molecule has 1 fully saturated rings. The summed E-state index contributed by atoms with van der Waals surface area (Å²) in [4.78, 5) is 32.2. The summed E-state index contributed by atoms with van der Waals surface area (Å²) in [6.07, 6.45) is 3.44. The van der Waals surface area contributed by atoms with E-state index < -0.39 is 5.92 Å². The molecular formula is C25H24FN5O2S. The largest absolute Gasteiger partial charge is 0.312 e. The van der Waals surface area contributed by atoms with Crippen molar-refractivity contribution in [3.8, 4) is 11.3 Å². The van der Waals surface area contributed by atoms with Crippen LogP contribution >= 0.6 is 11.3 Å². The smallest absolute Gasteiger partial charge is 0.250 e. The minimum Gasteiger partial charge on any atom is -0.312 e. The molecule has 5 rings (SSSR count). The van der Waals surface area contributed by atoms with E-state index in [2.05, 4.69) is 22.3 Å². The number of nitrogens with one attached hydrogen (secondary N) is 1. The molecular weight excluding hydrogens is 453 g/mol. The van der Waals surface area contributed by atoms with Crippen molar-refractivity contribution in [1.82, 2.24) is 14.6 Å². The minimum absolute atomic E-state index is 0.0705. The van der Waals surface area contributed by atoms with E-state index in [4.69, 9.17) is 0 Å².